The average molecular weight is 301 g/mol. The summed E-state index contributed by atoms with van der Waals surface area (Å²) < 4.78 is 3.97. The summed E-state index contributed by atoms with van der Waals surface area (Å²) in [6.07, 6.45) is 5.92. The van der Waals surface area contributed by atoms with Crippen LogP contribution in [0.15, 0.2) is 12.4 Å². The highest BCUT2D eigenvalue weighted by Gasteiger charge is 2.25. The van der Waals surface area contributed by atoms with Gasteiger partial charge in [0.25, 0.3) is 5.91 Å². The molecule has 22 heavy (non-hydrogen) atoms. The van der Waals surface area contributed by atoms with E-state index in [0.29, 0.717) is 5.92 Å². The highest BCUT2D eigenvalue weighted by Crippen LogP contribution is 2.21. The minimum atomic E-state index is 0.0667. The SMILES string of the molecule is Cc1nn(C)c(C)c1C(=O)N(C)CC1CCn2ccnc2C1. The number of imidazole rings is 1. The van der Waals surface area contributed by atoms with Crippen LogP contribution in [0.4, 0.5) is 0 Å². The molecule has 0 radical (unpaired) electrons. The lowest BCUT2D eigenvalue weighted by molar-refractivity contribution is 0.0762. The molecule has 6 heteroatoms. The molecular weight excluding hydrogens is 278 g/mol. The summed E-state index contributed by atoms with van der Waals surface area (Å²) in [6, 6.07) is 0. The van der Waals surface area contributed by atoms with E-state index in [4.69, 9.17) is 0 Å². The topological polar surface area (TPSA) is 56.0 Å². The molecule has 1 amide bonds. The van der Waals surface area contributed by atoms with E-state index in [1.54, 1.807) is 4.68 Å². The van der Waals surface area contributed by atoms with Crippen molar-refractivity contribution >= 4 is 5.91 Å². The normalized spacial score (nSPS) is 17.4. The standard InChI is InChI=1S/C16H23N5O/c1-11-15(12(2)20(4)18-11)16(22)19(3)10-13-5-7-21-8-6-17-14(21)9-13/h6,8,13H,5,7,9-10H2,1-4H3. The number of fused-ring (bicyclic) bond motifs is 1. The first-order valence-corrected chi connectivity index (χ1v) is 7.73. The molecule has 0 N–H and O–H groups in total. The van der Waals surface area contributed by atoms with Crippen LogP contribution in [0.25, 0.3) is 0 Å². The van der Waals surface area contributed by atoms with Crippen LogP contribution < -0.4 is 0 Å². The van der Waals surface area contributed by atoms with Gasteiger partial charge in [0.15, 0.2) is 0 Å². The lowest BCUT2D eigenvalue weighted by Gasteiger charge is -2.28. The highest BCUT2D eigenvalue weighted by molar-refractivity contribution is 5.96. The summed E-state index contributed by atoms with van der Waals surface area (Å²) in [5.74, 6) is 1.67. The molecule has 0 spiro atoms. The smallest absolute Gasteiger partial charge is 0.257 e. The van der Waals surface area contributed by atoms with Crippen LogP contribution in [0.1, 0.15) is 34.0 Å². The van der Waals surface area contributed by atoms with Crippen LogP contribution in [0.2, 0.25) is 0 Å². The van der Waals surface area contributed by atoms with Crippen LogP contribution >= 0.6 is 0 Å². The molecule has 3 rings (SSSR count). The number of amides is 1. The maximum Gasteiger partial charge on any atom is 0.257 e. The highest BCUT2D eigenvalue weighted by atomic mass is 16.2. The zero-order chi connectivity index (χ0) is 15.9. The third kappa shape index (κ3) is 2.53. The molecule has 0 saturated heterocycles. The van der Waals surface area contributed by atoms with E-state index in [9.17, 15) is 4.79 Å². The lowest BCUT2D eigenvalue weighted by atomic mass is 9.97. The van der Waals surface area contributed by atoms with Crippen molar-refractivity contribution in [3.8, 4) is 0 Å². The van der Waals surface area contributed by atoms with Gasteiger partial charge in [0, 0.05) is 51.7 Å². The molecule has 2 aromatic heterocycles. The summed E-state index contributed by atoms with van der Waals surface area (Å²) in [6.45, 7) is 5.59. The van der Waals surface area contributed by atoms with Crippen LogP contribution in [0, 0.1) is 19.8 Å². The fourth-order valence-corrected chi connectivity index (χ4v) is 3.32. The second-order valence-corrected chi connectivity index (χ2v) is 6.25. The van der Waals surface area contributed by atoms with E-state index in [0.717, 1.165) is 48.7 Å². The molecule has 6 nitrogen and oxygen atoms in total. The van der Waals surface area contributed by atoms with Gasteiger partial charge in [0.1, 0.15) is 5.82 Å². The molecule has 118 valence electrons. The Bertz CT molecular complexity index is 699. The van der Waals surface area contributed by atoms with E-state index in [1.165, 1.54) is 0 Å². The molecule has 0 aromatic carbocycles. The van der Waals surface area contributed by atoms with Crippen molar-refractivity contribution in [1.82, 2.24) is 24.2 Å². The summed E-state index contributed by atoms with van der Waals surface area (Å²) in [4.78, 5) is 18.9. The number of hydrogen-bond donors (Lipinski definition) is 0. The summed E-state index contributed by atoms with van der Waals surface area (Å²) >= 11 is 0. The maximum absolute atomic E-state index is 12.7. The minimum Gasteiger partial charge on any atom is -0.341 e. The summed E-state index contributed by atoms with van der Waals surface area (Å²) in [5.41, 5.74) is 2.46. The van der Waals surface area contributed by atoms with Crippen molar-refractivity contribution in [1.29, 1.82) is 0 Å². The van der Waals surface area contributed by atoms with Crippen molar-refractivity contribution in [2.75, 3.05) is 13.6 Å². The summed E-state index contributed by atoms with van der Waals surface area (Å²) in [7, 11) is 3.76. The molecule has 1 atom stereocenters. The van der Waals surface area contributed by atoms with E-state index in [-0.39, 0.29) is 5.91 Å². The first-order valence-electron chi connectivity index (χ1n) is 7.73. The Kier molecular flexibility index (Phi) is 3.76. The number of hydrogen-bond acceptors (Lipinski definition) is 3. The van der Waals surface area contributed by atoms with Gasteiger partial charge in [-0.05, 0) is 26.2 Å². The van der Waals surface area contributed by atoms with Gasteiger partial charge >= 0.3 is 0 Å². The zero-order valence-corrected chi connectivity index (χ0v) is 13.7. The van der Waals surface area contributed by atoms with Crippen molar-refractivity contribution in [3.05, 3.63) is 35.2 Å². The van der Waals surface area contributed by atoms with E-state index in [2.05, 4.69) is 14.6 Å². The average Bonchev–Trinajstić information content (AvgIpc) is 3.03. The number of rotatable bonds is 3. The van der Waals surface area contributed by atoms with E-state index in [1.807, 2.05) is 45.2 Å². The van der Waals surface area contributed by atoms with E-state index >= 15 is 0 Å². The number of carbonyl (C=O) groups excluding carboxylic acids is 1. The first-order chi connectivity index (χ1) is 10.5. The Hall–Kier alpha value is -2.11. The van der Waals surface area contributed by atoms with Crippen molar-refractivity contribution in [3.63, 3.8) is 0 Å². The van der Waals surface area contributed by atoms with Gasteiger partial charge in [-0.25, -0.2) is 4.98 Å². The van der Waals surface area contributed by atoms with Gasteiger partial charge in [0.2, 0.25) is 0 Å². The van der Waals surface area contributed by atoms with Crippen molar-refractivity contribution in [2.24, 2.45) is 13.0 Å². The van der Waals surface area contributed by atoms with Crippen LogP contribution in [-0.4, -0.2) is 43.7 Å². The van der Waals surface area contributed by atoms with Gasteiger partial charge in [-0.3, -0.25) is 9.48 Å². The van der Waals surface area contributed by atoms with Gasteiger partial charge in [-0.1, -0.05) is 0 Å². The summed E-state index contributed by atoms with van der Waals surface area (Å²) in [5, 5.41) is 4.34. The molecule has 0 bridgehead atoms. The molecular formula is C16H23N5O. The Morgan fingerprint density at radius 1 is 1.45 bits per heavy atom. The molecule has 0 saturated carbocycles. The van der Waals surface area contributed by atoms with Gasteiger partial charge in [-0.15, -0.1) is 0 Å². The second kappa shape index (κ2) is 5.59. The second-order valence-electron chi connectivity index (χ2n) is 6.25. The molecule has 0 fully saturated rings. The maximum atomic E-state index is 12.7. The van der Waals surface area contributed by atoms with Gasteiger partial charge in [-0.2, -0.15) is 5.10 Å². The predicted octanol–water partition coefficient (Wildman–Crippen LogP) is 1.57. The predicted molar refractivity (Wildman–Crippen MR) is 83.7 cm³/mol. The van der Waals surface area contributed by atoms with Crippen molar-refractivity contribution < 1.29 is 4.79 Å². The van der Waals surface area contributed by atoms with Crippen LogP contribution in [-0.2, 0) is 20.0 Å². The Balaban J connectivity index is 1.70. The monoisotopic (exact) mass is 301 g/mol. The molecule has 3 heterocycles. The Morgan fingerprint density at radius 2 is 2.23 bits per heavy atom. The number of aromatic nitrogens is 4. The van der Waals surface area contributed by atoms with Crippen LogP contribution in [0.5, 0.6) is 0 Å². The Morgan fingerprint density at radius 3 is 2.91 bits per heavy atom. The molecule has 1 unspecified atom stereocenters. The third-order valence-electron chi connectivity index (χ3n) is 4.65. The number of aryl methyl sites for hydroxylation is 3. The largest absolute Gasteiger partial charge is 0.341 e. The Labute approximate surface area is 130 Å². The van der Waals surface area contributed by atoms with Gasteiger partial charge < -0.3 is 9.47 Å². The fraction of sp³-hybridized carbons (Fsp3) is 0.562. The fourth-order valence-electron chi connectivity index (χ4n) is 3.32. The number of carbonyl (C=O) groups is 1. The third-order valence-corrected chi connectivity index (χ3v) is 4.65. The quantitative estimate of drug-likeness (QED) is 0.864. The molecule has 0 aliphatic carbocycles. The lowest BCUT2D eigenvalue weighted by Crippen LogP contribution is -2.35. The molecule has 1 aliphatic heterocycles. The first kappa shape index (κ1) is 14.8. The van der Waals surface area contributed by atoms with Gasteiger partial charge in [0.05, 0.1) is 11.3 Å². The van der Waals surface area contributed by atoms with Crippen molar-refractivity contribution in [2.45, 2.75) is 33.2 Å². The van der Waals surface area contributed by atoms with E-state index < -0.39 is 0 Å². The minimum absolute atomic E-state index is 0.0667. The number of nitrogens with zero attached hydrogens (tertiary/aromatic N) is 5. The molecule has 2 aromatic rings. The molecule has 1 aliphatic rings. The van der Waals surface area contributed by atoms with Crippen LogP contribution in [0.3, 0.4) is 0 Å². The zero-order valence-electron chi connectivity index (χ0n) is 13.7.